The molecule has 2 aromatic rings. The summed E-state index contributed by atoms with van der Waals surface area (Å²) < 4.78 is 1.81. The van der Waals surface area contributed by atoms with E-state index in [1.807, 2.05) is 27.8 Å². The molecule has 1 aromatic heterocycles. The molecule has 2 saturated heterocycles. The molecule has 0 aliphatic carbocycles. The molecule has 0 spiro atoms. The molecule has 0 atom stereocenters. The molecular formula is C23H32N6O. The first kappa shape index (κ1) is 20.8. The van der Waals surface area contributed by atoms with Gasteiger partial charge in [0.15, 0.2) is 5.69 Å². The highest BCUT2D eigenvalue weighted by Gasteiger charge is 2.23. The Morgan fingerprint density at radius 3 is 2.43 bits per heavy atom. The molecule has 7 nitrogen and oxygen atoms in total. The van der Waals surface area contributed by atoms with E-state index in [9.17, 15) is 4.79 Å². The molecule has 2 aliphatic heterocycles. The maximum absolute atomic E-state index is 12.8. The molecule has 160 valence electrons. The first-order chi connectivity index (χ1) is 14.8. The minimum Gasteiger partial charge on any atom is -0.335 e. The van der Waals surface area contributed by atoms with Crippen LogP contribution in [-0.4, -0.2) is 88.0 Å². The van der Waals surface area contributed by atoms with Gasteiger partial charge < -0.3 is 9.80 Å². The summed E-state index contributed by atoms with van der Waals surface area (Å²) in [7, 11) is 0. The Bertz CT molecular complexity index is 819. The van der Waals surface area contributed by atoms with Gasteiger partial charge in [0.25, 0.3) is 5.91 Å². The number of piperidine rings is 1. The number of hydrogen-bond acceptors (Lipinski definition) is 5. The number of rotatable bonds is 7. The molecule has 7 heteroatoms. The topological polar surface area (TPSA) is 57.5 Å². The van der Waals surface area contributed by atoms with Crippen molar-refractivity contribution in [3.05, 3.63) is 53.9 Å². The maximum atomic E-state index is 12.8. The summed E-state index contributed by atoms with van der Waals surface area (Å²) in [5.41, 5.74) is 1.68. The predicted molar refractivity (Wildman–Crippen MR) is 118 cm³/mol. The summed E-state index contributed by atoms with van der Waals surface area (Å²) in [6.45, 7) is 8.26. The van der Waals surface area contributed by atoms with E-state index in [1.54, 1.807) is 6.20 Å². The van der Waals surface area contributed by atoms with Crippen molar-refractivity contribution in [2.45, 2.75) is 25.8 Å². The van der Waals surface area contributed by atoms with Gasteiger partial charge in [0.2, 0.25) is 0 Å². The summed E-state index contributed by atoms with van der Waals surface area (Å²) in [4.78, 5) is 19.5. The van der Waals surface area contributed by atoms with Gasteiger partial charge in [-0.05, 0) is 31.5 Å². The number of benzene rings is 1. The Hall–Kier alpha value is -2.51. The number of likely N-dealkylation sites (tertiary alicyclic amines) is 1. The molecular weight excluding hydrogens is 376 g/mol. The highest BCUT2D eigenvalue weighted by Crippen LogP contribution is 2.10. The van der Waals surface area contributed by atoms with Crippen LogP contribution in [0.4, 0.5) is 0 Å². The molecule has 4 rings (SSSR count). The average molecular weight is 409 g/mol. The van der Waals surface area contributed by atoms with Crippen molar-refractivity contribution in [2.75, 3.05) is 52.4 Å². The summed E-state index contributed by atoms with van der Waals surface area (Å²) >= 11 is 0. The zero-order chi connectivity index (χ0) is 20.6. The van der Waals surface area contributed by atoms with Crippen molar-refractivity contribution < 1.29 is 4.79 Å². The Morgan fingerprint density at radius 1 is 0.900 bits per heavy atom. The molecule has 1 aromatic carbocycles. The quantitative estimate of drug-likeness (QED) is 0.703. The lowest BCUT2D eigenvalue weighted by molar-refractivity contribution is 0.0644. The zero-order valence-electron chi connectivity index (χ0n) is 17.7. The lowest BCUT2D eigenvalue weighted by atomic mass is 10.1. The number of amides is 1. The first-order valence-electron chi connectivity index (χ1n) is 11.1. The van der Waals surface area contributed by atoms with Crippen molar-refractivity contribution in [1.82, 2.24) is 29.7 Å². The standard InChI is InChI=1S/C23H32N6O/c30-23(22-20-29(25-24-22)19-16-26-11-5-2-6-12-26)28-17-14-27(15-18-28)13-7-10-21-8-3-1-4-9-21/h1,3-4,7-10,20H,2,5-6,11-19H2. The minimum absolute atomic E-state index is 0.00120. The third kappa shape index (κ3) is 5.77. The lowest BCUT2D eigenvalue weighted by Gasteiger charge is -2.33. The van der Waals surface area contributed by atoms with Crippen LogP contribution in [0.3, 0.4) is 0 Å². The molecule has 30 heavy (non-hydrogen) atoms. The van der Waals surface area contributed by atoms with Crippen molar-refractivity contribution in [1.29, 1.82) is 0 Å². The number of piperazine rings is 1. The molecule has 0 N–H and O–H groups in total. The third-order valence-corrected chi connectivity index (χ3v) is 5.98. The van der Waals surface area contributed by atoms with E-state index in [0.717, 1.165) is 45.8 Å². The minimum atomic E-state index is -0.00120. The van der Waals surface area contributed by atoms with Crippen LogP contribution in [0, 0.1) is 0 Å². The largest absolute Gasteiger partial charge is 0.335 e. The Balaban J connectivity index is 1.20. The fraction of sp³-hybridized carbons (Fsp3) is 0.522. The van der Waals surface area contributed by atoms with Crippen molar-refractivity contribution in [3.8, 4) is 0 Å². The maximum Gasteiger partial charge on any atom is 0.276 e. The number of carbonyl (C=O) groups is 1. The van der Waals surface area contributed by atoms with E-state index in [0.29, 0.717) is 5.69 Å². The van der Waals surface area contributed by atoms with Gasteiger partial charge in [-0.25, -0.2) is 0 Å². The molecule has 0 radical (unpaired) electrons. The van der Waals surface area contributed by atoms with Gasteiger partial charge >= 0.3 is 0 Å². The molecule has 0 unspecified atom stereocenters. The van der Waals surface area contributed by atoms with Crippen LogP contribution in [0.2, 0.25) is 0 Å². The summed E-state index contributed by atoms with van der Waals surface area (Å²) in [5.74, 6) is -0.00120. The van der Waals surface area contributed by atoms with Crippen LogP contribution < -0.4 is 0 Å². The van der Waals surface area contributed by atoms with Gasteiger partial charge in [0.05, 0.1) is 12.7 Å². The van der Waals surface area contributed by atoms with Crippen molar-refractivity contribution in [2.24, 2.45) is 0 Å². The van der Waals surface area contributed by atoms with Crippen LogP contribution >= 0.6 is 0 Å². The van der Waals surface area contributed by atoms with Crippen molar-refractivity contribution in [3.63, 3.8) is 0 Å². The van der Waals surface area contributed by atoms with Crippen molar-refractivity contribution >= 4 is 12.0 Å². The normalized spacial score (nSPS) is 18.9. The van der Waals surface area contributed by atoms with E-state index in [-0.39, 0.29) is 5.91 Å². The van der Waals surface area contributed by atoms with Gasteiger partial charge in [-0.1, -0.05) is 54.1 Å². The number of nitrogens with zero attached hydrogens (tertiary/aromatic N) is 6. The second kappa shape index (κ2) is 10.5. The van der Waals surface area contributed by atoms with E-state index in [1.165, 1.54) is 37.9 Å². The number of carbonyl (C=O) groups excluding carboxylic acids is 1. The fourth-order valence-electron chi connectivity index (χ4n) is 4.13. The second-order valence-corrected chi connectivity index (χ2v) is 8.18. The van der Waals surface area contributed by atoms with E-state index < -0.39 is 0 Å². The Labute approximate surface area is 178 Å². The molecule has 1 amide bonds. The smallest absolute Gasteiger partial charge is 0.276 e. The van der Waals surface area contributed by atoms with Gasteiger partial charge in [-0.15, -0.1) is 5.10 Å². The summed E-state index contributed by atoms with van der Waals surface area (Å²) in [5, 5.41) is 8.31. The number of hydrogen-bond donors (Lipinski definition) is 0. The van der Waals surface area contributed by atoms with Crippen LogP contribution in [-0.2, 0) is 6.54 Å². The molecule has 3 heterocycles. The van der Waals surface area contributed by atoms with E-state index >= 15 is 0 Å². The number of aromatic nitrogens is 3. The fourth-order valence-corrected chi connectivity index (χ4v) is 4.13. The lowest BCUT2D eigenvalue weighted by Crippen LogP contribution is -2.48. The SMILES string of the molecule is O=C(c1cn(CCN2CCCCC2)nn1)N1CCN(CC=Cc2ccccc2)CC1. The van der Waals surface area contributed by atoms with Crippen LogP contribution in [0.5, 0.6) is 0 Å². The third-order valence-electron chi connectivity index (χ3n) is 5.98. The van der Waals surface area contributed by atoms with Crippen LogP contribution in [0.25, 0.3) is 6.08 Å². The highest BCUT2D eigenvalue weighted by atomic mass is 16.2. The van der Waals surface area contributed by atoms with Gasteiger partial charge in [0.1, 0.15) is 0 Å². The van der Waals surface area contributed by atoms with Gasteiger partial charge in [-0.3, -0.25) is 14.4 Å². The van der Waals surface area contributed by atoms with E-state index in [4.69, 9.17) is 0 Å². The summed E-state index contributed by atoms with van der Waals surface area (Å²) in [6, 6.07) is 10.3. The monoisotopic (exact) mass is 408 g/mol. The predicted octanol–water partition coefficient (Wildman–Crippen LogP) is 2.24. The molecule has 0 saturated carbocycles. The molecule has 2 aliphatic rings. The Morgan fingerprint density at radius 2 is 1.67 bits per heavy atom. The van der Waals surface area contributed by atoms with E-state index in [2.05, 4.69) is 44.4 Å². The molecule has 2 fully saturated rings. The first-order valence-corrected chi connectivity index (χ1v) is 11.1. The zero-order valence-corrected chi connectivity index (χ0v) is 17.7. The summed E-state index contributed by atoms with van der Waals surface area (Å²) in [6.07, 6.45) is 10.1. The Kier molecular flexibility index (Phi) is 7.26. The average Bonchev–Trinajstić information content (AvgIpc) is 3.28. The van der Waals surface area contributed by atoms with Gasteiger partial charge in [-0.2, -0.15) is 0 Å². The van der Waals surface area contributed by atoms with Gasteiger partial charge in [0, 0.05) is 39.3 Å². The second-order valence-electron chi connectivity index (χ2n) is 8.18. The van der Waals surface area contributed by atoms with Crippen LogP contribution in [0.15, 0.2) is 42.6 Å². The highest BCUT2D eigenvalue weighted by molar-refractivity contribution is 5.92. The van der Waals surface area contributed by atoms with Crippen LogP contribution in [0.1, 0.15) is 35.3 Å². The molecule has 0 bridgehead atoms.